The molecule has 0 unspecified atom stereocenters. The number of carbonyl (C=O) groups is 1. The fourth-order valence-electron chi connectivity index (χ4n) is 2.15. The van der Waals surface area contributed by atoms with Gasteiger partial charge in [-0.2, -0.15) is 0 Å². The summed E-state index contributed by atoms with van der Waals surface area (Å²) in [5.41, 5.74) is 1.21. The lowest BCUT2D eigenvalue weighted by molar-refractivity contribution is -0.131. The Labute approximate surface area is 143 Å². The highest BCUT2D eigenvalue weighted by Crippen LogP contribution is 2.17. The lowest BCUT2D eigenvalue weighted by Gasteiger charge is -2.04. The monoisotopic (exact) mass is 337 g/mol. The first-order valence-corrected chi connectivity index (χ1v) is 8.12. The third-order valence-electron chi connectivity index (χ3n) is 3.25. The van der Waals surface area contributed by atoms with Crippen molar-refractivity contribution in [2.24, 2.45) is 0 Å². The average molecular weight is 337 g/mol. The fraction of sp³-hybridized carbons (Fsp3) is 0.0556. The quantitative estimate of drug-likeness (QED) is 0.697. The Hall–Kier alpha value is -2.99. The first-order chi connectivity index (χ1) is 11.7. The van der Waals surface area contributed by atoms with Crippen LogP contribution in [-0.2, 0) is 11.3 Å². The minimum Gasteiger partial charge on any atom is -0.478 e. The molecule has 6 heteroatoms. The summed E-state index contributed by atoms with van der Waals surface area (Å²) in [6.45, 7) is 0.755. The van der Waals surface area contributed by atoms with Gasteiger partial charge in [-0.1, -0.05) is 30.3 Å². The Balaban J connectivity index is 1.71. The summed E-state index contributed by atoms with van der Waals surface area (Å²) in [5, 5.41) is 9.43. The molecular formula is C18H15N3O2S. The molecule has 0 saturated carbocycles. The Morgan fingerprint density at radius 1 is 1.17 bits per heavy atom. The van der Waals surface area contributed by atoms with Gasteiger partial charge in [-0.25, -0.2) is 14.8 Å². The van der Waals surface area contributed by atoms with E-state index in [1.165, 1.54) is 23.0 Å². The van der Waals surface area contributed by atoms with Crippen molar-refractivity contribution >= 4 is 35.5 Å². The van der Waals surface area contributed by atoms with Gasteiger partial charge in [-0.15, -0.1) is 11.3 Å². The zero-order chi connectivity index (χ0) is 16.8. The first kappa shape index (κ1) is 15.9. The molecular weight excluding hydrogens is 322 g/mol. The van der Waals surface area contributed by atoms with Crippen molar-refractivity contribution in [1.82, 2.24) is 14.5 Å². The van der Waals surface area contributed by atoms with Crippen molar-refractivity contribution in [3.05, 3.63) is 76.3 Å². The highest BCUT2D eigenvalue weighted by atomic mass is 32.1. The van der Waals surface area contributed by atoms with Crippen molar-refractivity contribution < 1.29 is 9.90 Å². The highest BCUT2D eigenvalue weighted by Gasteiger charge is 2.01. The molecule has 0 amide bonds. The number of carboxylic acids is 1. The Morgan fingerprint density at radius 3 is 2.79 bits per heavy atom. The van der Waals surface area contributed by atoms with E-state index in [0.29, 0.717) is 0 Å². The molecule has 1 N–H and O–H groups in total. The molecule has 0 atom stereocenters. The molecule has 5 nitrogen and oxygen atoms in total. The van der Waals surface area contributed by atoms with E-state index < -0.39 is 5.97 Å². The number of rotatable bonds is 6. The molecule has 2 aromatic heterocycles. The number of imidazole rings is 1. The smallest absolute Gasteiger partial charge is 0.328 e. The molecule has 3 aromatic rings. The molecule has 0 bridgehead atoms. The molecule has 2 heterocycles. The second-order valence-electron chi connectivity index (χ2n) is 5.00. The first-order valence-electron chi connectivity index (χ1n) is 7.31. The van der Waals surface area contributed by atoms with Gasteiger partial charge in [-0.05, 0) is 23.8 Å². The van der Waals surface area contributed by atoms with Gasteiger partial charge in [0.05, 0.1) is 0 Å². The van der Waals surface area contributed by atoms with Crippen LogP contribution in [0.2, 0.25) is 0 Å². The molecule has 0 aliphatic carbocycles. The summed E-state index contributed by atoms with van der Waals surface area (Å²) in [5.74, 6) is -0.125. The number of aliphatic carboxylic acids is 1. The van der Waals surface area contributed by atoms with Crippen LogP contribution in [0.25, 0.3) is 18.2 Å². The van der Waals surface area contributed by atoms with E-state index in [1.54, 1.807) is 12.4 Å². The second kappa shape index (κ2) is 7.52. The largest absolute Gasteiger partial charge is 0.478 e. The topological polar surface area (TPSA) is 68.0 Å². The maximum Gasteiger partial charge on any atom is 0.328 e. The van der Waals surface area contributed by atoms with E-state index in [0.717, 1.165) is 28.3 Å². The van der Waals surface area contributed by atoms with Crippen molar-refractivity contribution in [3.8, 4) is 0 Å². The number of hydrogen-bond donors (Lipinski definition) is 1. The van der Waals surface area contributed by atoms with E-state index >= 15 is 0 Å². The molecule has 0 aliphatic rings. The summed E-state index contributed by atoms with van der Waals surface area (Å²) >= 11 is 1.42. The predicted octanol–water partition coefficient (Wildman–Crippen LogP) is 3.66. The predicted molar refractivity (Wildman–Crippen MR) is 95.5 cm³/mol. The van der Waals surface area contributed by atoms with Crippen molar-refractivity contribution in [2.45, 2.75) is 6.54 Å². The molecule has 0 radical (unpaired) electrons. The second-order valence-corrected chi connectivity index (χ2v) is 6.10. The van der Waals surface area contributed by atoms with Gasteiger partial charge in [0.2, 0.25) is 0 Å². The summed E-state index contributed by atoms with van der Waals surface area (Å²) in [4.78, 5) is 19.9. The Kier molecular flexibility index (Phi) is 4.98. The van der Waals surface area contributed by atoms with Gasteiger partial charge in [-0.3, -0.25) is 0 Å². The molecule has 0 fully saturated rings. The normalized spacial score (nSPS) is 11.5. The lowest BCUT2D eigenvalue weighted by atomic mass is 10.2. The fourth-order valence-corrected chi connectivity index (χ4v) is 2.87. The maximum absolute atomic E-state index is 10.5. The molecule has 24 heavy (non-hydrogen) atoms. The molecule has 0 spiro atoms. The van der Waals surface area contributed by atoms with Crippen LogP contribution >= 0.6 is 11.3 Å². The number of aromatic nitrogens is 3. The number of benzene rings is 1. The van der Waals surface area contributed by atoms with E-state index in [2.05, 4.69) is 26.7 Å². The van der Waals surface area contributed by atoms with Gasteiger partial charge in [0.1, 0.15) is 10.8 Å². The molecule has 1 aromatic carbocycles. The van der Waals surface area contributed by atoms with E-state index in [4.69, 9.17) is 5.11 Å². The van der Waals surface area contributed by atoms with Gasteiger partial charge in [0.15, 0.2) is 0 Å². The Morgan fingerprint density at radius 2 is 2.00 bits per heavy atom. The SMILES string of the molecule is O=C(O)C=Cc1cnc(C=Cc2nccn2Cc2ccccc2)s1. The third-order valence-corrected chi connectivity index (χ3v) is 4.18. The number of nitrogens with zero attached hydrogens (tertiary/aromatic N) is 3. The molecule has 0 saturated heterocycles. The van der Waals surface area contributed by atoms with Crippen LogP contribution in [0.3, 0.4) is 0 Å². The summed E-state index contributed by atoms with van der Waals surface area (Å²) < 4.78 is 2.06. The zero-order valence-corrected chi connectivity index (χ0v) is 13.6. The van der Waals surface area contributed by atoms with Crippen LogP contribution in [0.15, 0.2) is 55.0 Å². The van der Waals surface area contributed by atoms with Gasteiger partial charge in [0, 0.05) is 36.1 Å². The number of carboxylic acid groups (broad SMARTS) is 1. The van der Waals surface area contributed by atoms with Crippen LogP contribution in [0.4, 0.5) is 0 Å². The summed E-state index contributed by atoms with van der Waals surface area (Å²) in [7, 11) is 0. The molecule has 0 aliphatic heterocycles. The van der Waals surface area contributed by atoms with Crippen molar-refractivity contribution in [3.63, 3.8) is 0 Å². The van der Waals surface area contributed by atoms with Gasteiger partial charge < -0.3 is 9.67 Å². The minimum atomic E-state index is -0.969. The highest BCUT2D eigenvalue weighted by molar-refractivity contribution is 7.13. The van der Waals surface area contributed by atoms with Crippen LogP contribution in [0, 0.1) is 0 Å². The van der Waals surface area contributed by atoms with E-state index in [9.17, 15) is 4.79 Å². The maximum atomic E-state index is 10.5. The third kappa shape index (κ3) is 4.27. The van der Waals surface area contributed by atoms with Crippen molar-refractivity contribution in [2.75, 3.05) is 0 Å². The number of hydrogen-bond acceptors (Lipinski definition) is 4. The molecule has 3 rings (SSSR count). The van der Waals surface area contributed by atoms with Gasteiger partial charge >= 0.3 is 5.97 Å². The average Bonchev–Trinajstić information content (AvgIpc) is 3.21. The number of thiazole rings is 1. The summed E-state index contributed by atoms with van der Waals surface area (Å²) in [6.07, 6.45) is 11.8. The van der Waals surface area contributed by atoms with Crippen LogP contribution in [0.1, 0.15) is 21.3 Å². The van der Waals surface area contributed by atoms with Crippen molar-refractivity contribution in [1.29, 1.82) is 0 Å². The zero-order valence-electron chi connectivity index (χ0n) is 12.7. The standard InChI is InChI=1S/C18H15N3O2S/c22-18(23)9-6-15-12-20-17(24-15)8-7-16-19-10-11-21(16)13-14-4-2-1-3-5-14/h1-12H,13H2,(H,22,23). The van der Waals surface area contributed by atoms with Crippen LogP contribution in [-0.4, -0.2) is 25.6 Å². The van der Waals surface area contributed by atoms with Crippen LogP contribution in [0.5, 0.6) is 0 Å². The minimum absolute atomic E-state index is 0.755. The van der Waals surface area contributed by atoms with Crippen LogP contribution < -0.4 is 0 Å². The summed E-state index contributed by atoms with van der Waals surface area (Å²) in [6, 6.07) is 10.2. The van der Waals surface area contributed by atoms with Gasteiger partial charge in [0.25, 0.3) is 0 Å². The Bertz CT molecular complexity index is 879. The lowest BCUT2D eigenvalue weighted by Crippen LogP contribution is -2.00. The van der Waals surface area contributed by atoms with E-state index in [-0.39, 0.29) is 0 Å². The molecule has 120 valence electrons. The van der Waals surface area contributed by atoms with E-state index in [1.807, 2.05) is 36.5 Å².